The number of rotatable bonds is 10. The van der Waals surface area contributed by atoms with Gasteiger partial charge in [0.1, 0.15) is 10.7 Å². The van der Waals surface area contributed by atoms with Crippen molar-refractivity contribution in [1.29, 1.82) is 0 Å². The molecule has 2 rings (SSSR count). The van der Waals surface area contributed by atoms with Crippen molar-refractivity contribution in [3.8, 4) is 0 Å². The van der Waals surface area contributed by atoms with Crippen molar-refractivity contribution in [2.75, 3.05) is 32.4 Å². The number of esters is 2. The van der Waals surface area contributed by atoms with Crippen molar-refractivity contribution in [3.63, 3.8) is 0 Å². The number of benzene rings is 1. The second-order valence-electron chi connectivity index (χ2n) is 7.32. The van der Waals surface area contributed by atoms with Gasteiger partial charge in [-0.05, 0) is 44.4 Å². The largest absolute Gasteiger partial charge is 0.465 e. The summed E-state index contributed by atoms with van der Waals surface area (Å²) >= 11 is 0.598. The van der Waals surface area contributed by atoms with Gasteiger partial charge < -0.3 is 9.47 Å². The summed E-state index contributed by atoms with van der Waals surface area (Å²) in [7, 11) is -1.02. The zero-order valence-corrected chi connectivity index (χ0v) is 19.5. The maximum atomic E-state index is 12.7. The van der Waals surface area contributed by atoms with Crippen LogP contribution in [0.2, 0.25) is 0 Å². The molecule has 1 aromatic carbocycles. The number of sulfonamides is 1. The second kappa shape index (κ2) is 11.2. The molecular formula is C19H27NO9S2. The summed E-state index contributed by atoms with van der Waals surface area (Å²) in [6.07, 6.45) is 0.713. The van der Waals surface area contributed by atoms with Crippen LogP contribution in [0.4, 0.5) is 0 Å². The third-order valence-electron chi connectivity index (χ3n) is 4.88. The van der Waals surface area contributed by atoms with E-state index in [2.05, 4.69) is 19.0 Å². The molecule has 174 valence electrons. The third-order valence-corrected chi connectivity index (χ3v) is 7.76. The van der Waals surface area contributed by atoms with Gasteiger partial charge in [0.2, 0.25) is 10.0 Å². The van der Waals surface area contributed by atoms with E-state index in [1.165, 1.54) is 18.5 Å². The summed E-state index contributed by atoms with van der Waals surface area (Å²) in [4.78, 5) is 28.5. The van der Waals surface area contributed by atoms with Gasteiger partial charge in [-0.1, -0.05) is 17.2 Å². The molecule has 0 saturated carbocycles. The van der Waals surface area contributed by atoms with E-state index in [9.17, 15) is 18.0 Å². The van der Waals surface area contributed by atoms with E-state index in [0.29, 0.717) is 30.4 Å². The molecule has 1 aromatic rings. The zero-order chi connectivity index (χ0) is 23.1. The molecule has 10 nitrogen and oxygen atoms in total. The first-order chi connectivity index (χ1) is 14.6. The molecule has 0 bridgehead atoms. The number of nitrogens with zero attached hydrogens (tertiary/aromatic N) is 1. The summed E-state index contributed by atoms with van der Waals surface area (Å²) in [5.41, 5.74) is 0.215. The van der Waals surface area contributed by atoms with Crippen LogP contribution in [0.1, 0.15) is 42.6 Å². The van der Waals surface area contributed by atoms with Crippen molar-refractivity contribution in [1.82, 2.24) is 4.31 Å². The van der Waals surface area contributed by atoms with Crippen molar-refractivity contribution in [2.24, 2.45) is 5.92 Å². The Kier molecular flexibility index (Phi) is 9.28. The second-order valence-corrected chi connectivity index (χ2v) is 10.3. The molecule has 0 aliphatic carbocycles. The fourth-order valence-electron chi connectivity index (χ4n) is 3.09. The van der Waals surface area contributed by atoms with Gasteiger partial charge in [0.05, 0.1) is 37.7 Å². The van der Waals surface area contributed by atoms with Gasteiger partial charge in [-0.3, -0.25) is 4.79 Å². The minimum atomic E-state index is -3.56. The van der Waals surface area contributed by atoms with E-state index >= 15 is 0 Å². The molecule has 0 amide bonds. The Morgan fingerprint density at radius 1 is 1.13 bits per heavy atom. The summed E-state index contributed by atoms with van der Waals surface area (Å²) in [6, 6.07) is 6.64. The Balaban J connectivity index is 1.90. The van der Waals surface area contributed by atoms with E-state index < -0.39 is 27.5 Å². The SMILES string of the molecule is COOOSCS(=O)(=O)N1CCC(C(=O)OC(C)(C)c2ccc(C(=O)OC)cc2)CC1. The van der Waals surface area contributed by atoms with Gasteiger partial charge in [-0.2, -0.15) is 0 Å². The Bertz CT molecular complexity index is 848. The molecule has 1 saturated heterocycles. The minimum Gasteiger partial charge on any atom is -0.465 e. The van der Waals surface area contributed by atoms with Gasteiger partial charge in [-0.15, -0.1) is 4.33 Å². The Morgan fingerprint density at radius 2 is 1.74 bits per heavy atom. The van der Waals surface area contributed by atoms with E-state index in [1.807, 2.05) is 0 Å². The number of carbonyl (C=O) groups excluding carboxylic acids is 2. The first kappa shape index (κ1) is 25.6. The summed E-state index contributed by atoms with van der Waals surface area (Å²) < 4.78 is 40.8. The molecule has 31 heavy (non-hydrogen) atoms. The van der Waals surface area contributed by atoms with Crippen LogP contribution in [0.5, 0.6) is 0 Å². The number of ether oxygens (including phenoxy) is 2. The Morgan fingerprint density at radius 3 is 2.29 bits per heavy atom. The number of methoxy groups -OCH3 is 1. The predicted octanol–water partition coefficient (Wildman–Crippen LogP) is 2.41. The molecule has 0 atom stereocenters. The molecule has 1 fully saturated rings. The van der Waals surface area contributed by atoms with Crippen molar-refractivity contribution >= 4 is 34.0 Å². The summed E-state index contributed by atoms with van der Waals surface area (Å²) in [5.74, 6) is -1.23. The fraction of sp³-hybridized carbons (Fsp3) is 0.579. The molecule has 0 N–H and O–H groups in total. The van der Waals surface area contributed by atoms with Crippen molar-refractivity contribution in [3.05, 3.63) is 35.4 Å². The van der Waals surface area contributed by atoms with Crippen LogP contribution in [-0.4, -0.2) is 57.1 Å². The van der Waals surface area contributed by atoms with Crippen LogP contribution in [0.3, 0.4) is 0 Å². The molecule has 12 heteroatoms. The van der Waals surface area contributed by atoms with Crippen LogP contribution in [-0.2, 0) is 44.2 Å². The normalized spacial score (nSPS) is 16.1. The average molecular weight is 478 g/mol. The number of hydrogen-bond donors (Lipinski definition) is 0. The van der Waals surface area contributed by atoms with Gasteiger partial charge in [0, 0.05) is 13.1 Å². The zero-order valence-electron chi connectivity index (χ0n) is 17.9. The van der Waals surface area contributed by atoms with Crippen molar-refractivity contribution in [2.45, 2.75) is 32.3 Å². The van der Waals surface area contributed by atoms with Crippen LogP contribution >= 0.6 is 12.0 Å². The lowest BCUT2D eigenvalue weighted by molar-refractivity contribution is -0.447. The van der Waals surface area contributed by atoms with Crippen LogP contribution in [0.15, 0.2) is 24.3 Å². The number of piperidine rings is 1. The lowest BCUT2D eigenvalue weighted by Crippen LogP contribution is -2.42. The number of carbonyl (C=O) groups is 2. The van der Waals surface area contributed by atoms with Crippen LogP contribution < -0.4 is 0 Å². The first-order valence-electron chi connectivity index (χ1n) is 9.49. The predicted molar refractivity (Wildman–Crippen MR) is 112 cm³/mol. The monoisotopic (exact) mass is 477 g/mol. The van der Waals surface area contributed by atoms with E-state index in [4.69, 9.17) is 4.74 Å². The number of hydrogen-bond acceptors (Lipinski definition) is 10. The maximum Gasteiger partial charge on any atom is 0.337 e. The highest BCUT2D eigenvalue weighted by atomic mass is 32.3. The molecule has 1 aliphatic heterocycles. The van der Waals surface area contributed by atoms with E-state index in [0.717, 1.165) is 5.56 Å². The Labute approximate surface area is 186 Å². The lowest BCUT2D eigenvalue weighted by atomic mass is 9.95. The molecule has 0 radical (unpaired) electrons. The lowest BCUT2D eigenvalue weighted by Gasteiger charge is -2.32. The topological polar surface area (TPSA) is 118 Å². The smallest absolute Gasteiger partial charge is 0.337 e. The van der Waals surface area contributed by atoms with Gasteiger partial charge >= 0.3 is 11.9 Å². The quantitative estimate of drug-likeness (QED) is 0.163. The summed E-state index contributed by atoms with van der Waals surface area (Å²) in [5, 5.41) is 3.83. The minimum absolute atomic E-state index is 0.210. The highest BCUT2D eigenvalue weighted by Gasteiger charge is 2.35. The van der Waals surface area contributed by atoms with Crippen LogP contribution in [0, 0.1) is 5.92 Å². The molecule has 0 spiro atoms. The van der Waals surface area contributed by atoms with E-state index in [-0.39, 0.29) is 24.1 Å². The maximum absolute atomic E-state index is 12.7. The first-order valence-corrected chi connectivity index (χ1v) is 12.0. The molecular weight excluding hydrogens is 450 g/mol. The van der Waals surface area contributed by atoms with Gasteiger partial charge in [-0.25, -0.2) is 22.4 Å². The van der Waals surface area contributed by atoms with Crippen molar-refractivity contribution < 1.29 is 41.7 Å². The van der Waals surface area contributed by atoms with Gasteiger partial charge in [0.15, 0.2) is 0 Å². The molecule has 1 aliphatic rings. The standard InChI is InChI=1S/C19H27NO9S2/c1-19(2,16-7-5-14(6-8-16)17(21)25-3)27-18(22)15-9-11-20(12-10-15)31(23,24)13-30-29-28-26-4/h5-8,15H,9-13H2,1-4H3. The van der Waals surface area contributed by atoms with E-state index in [1.54, 1.807) is 38.1 Å². The molecule has 0 aromatic heterocycles. The fourth-order valence-corrected chi connectivity index (χ4v) is 5.19. The van der Waals surface area contributed by atoms with Crippen LogP contribution in [0.25, 0.3) is 0 Å². The average Bonchev–Trinajstić information content (AvgIpc) is 2.76. The highest BCUT2D eigenvalue weighted by Crippen LogP contribution is 2.29. The molecule has 0 unspecified atom stereocenters. The third kappa shape index (κ3) is 7.16. The van der Waals surface area contributed by atoms with Gasteiger partial charge in [0.25, 0.3) is 0 Å². The highest BCUT2D eigenvalue weighted by molar-refractivity contribution is 8.08. The Hall–Kier alpha value is -1.70. The molecule has 1 heterocycles. The summed E-state index contributed by atoms with van der Waals surface area (Å²) in [6.45, 7) is 3.94.